The first-order valence-corrected chi connectivity index (χ1v) is 6.91. The zero-order chi connectivity index (χ0) is 11.8. The number of carbonyl (C=O) groups excluding carboxylic acids is 1. The second-order valence-corrected chi connectivity index (χ2v) is 5.88. The average Bonchev–Trinajstić information content (AvgIpc) is 2.95. The van der Waals surface area contributed by atoms with Crippen LogP contribution in [-0.2, 0) is 0 Å². The molecular formula is C12H6ClNOS2. The van der Waals surface area contributed by atoms with Crippen molar-refractivity contribution < 1.29 is 4.79 Å². The lowest BCUT2D eigenvalue weighted by atomic mass is 10.3. The molecule has 0 bridgehead atoms. The Labute approximate surface area is 111 Å². The maximum atomic E-state index is 11.0. The standard InChI is InChI=1S/C12H6ClNOS2/c13-11(15)9-5-6-10(16-9)12-14-7-3-1-2-4-8(7)17-12/h1-6H. The van der Waals surface area contributed by atoms with Gasteiger partial charge in [-0.2, -0.15) is 0 Å². The third-order valence-corrected chi connectivity index (χ3v) is 4.91. The highest BCUT2D eigenvalue weighted by atomic mass is 35.5. The molecule has 0 amide bonds. The van der Waals surface area contributed by atoms with Crippen LogP contribution < -0.4 is 0 Å². The Morgan fingerprint density at radius 3 is 2.65 bits per heavy atom. The van der Waals surface area contributed by atoms with E-state index >= 15 is 0 Å². The molecule has 1 aromatic carbocycles. The predicted molar refractivity (Wildman–Crippen MR) is 73.1 cm³/mol. The van der Waals surface area contributed by atoms with E-state index in [-0.39, 0.29) is 0 Å². The third kappa shape index (κ3) is 1.99. The Kier molecular flexibility index (Phi) is 2.70. The molecule has 0 radical (unpaired) electrons. The highest BCUT2D eigenvalue weighted by molar-refractivity contribution is 7.26. The zero-order valence-electron chi connectivity index (χ0n) is 8.51. The van der Waals surface area contributed by atoms with Crippen molar-refractivity contribution in [2.45, 2.75) is 0 Å². The zero-order valence-corrected chi connectivity index (χ0v) is 10.9. The fourth-order valence-electron chi connectivity index (χ4n) is 1.54. The number of halogens is 1. The van der Waals surface area contributed by atoms with Gasteiger partial charge in [0.05, 0.1) is 20.0 Å². The minimum atomic E-state index is -0.414. The number of para-hydroxylation sites is 1. The molecule has 17 heavy (non-hydrogen) atoms. The number of aromatic nitrogens is 1. The molecule has 2 heterocycles. The largest absolute Gasteiger partial charge is 0.275 e. The predicted octanol–water partition coefficient (Wildman–Crippen LogP) is 4.40. The van der Waals surface area contributed by atoms with E-state index in [2.05, 4.69) is 4.98 Å². The summed E-state index contributed by atoms with van der Waals surface area (Å²) in [5.74, 6) is 0. The van der Waals surface area contributed by atoms with Gasteiger partial charge in [-0.25, -0.2) is 4.98 Å². The van der Waals surface area contributed by atoms with Gasteiger partial charge in [0.15, 0.2) is 0 Å². The van der Waals surface area contributed by atoms with Crippen molar-refractivity contribution in [1.82, 2.24) is 4.98 Å². The molecule has 0 aliphatic carbocycles. The summed E-state index contributed by atoms with van der Waals surface area (Å²) in [6.07, 6.45) is 0. The Morgan fingerprint density at radius 1 is 1.12 bits per heavy atom. The maximum absolute atomic E-state index is 11.0. The lowest BCUT2D eigenvalue weighted by Crippen LogP contribution is -1.78. The fraction of sp³-hybridized carbons (Fsp3) is 0. The van der Waals surface area contributed by atoms with Crippen LogP contribution >= 0.6 is 34.3 Å². The second-order valence-electron chi connectivity index (χ2n) is 3.42. The van der Waals surface area contributed by atoms with Crippen molar-refractivity contribution in [3.05, 3.63) is 41.3 Å². The van der Waals surface area contributed by atoms with Crippen molar-refractivity contribution in [3.8, 4) is 9.88 Å². The first-order valence-electron chi connectivity index (χ1n) is 4.89. The van der Waals surface area contributed by atoms with E-state index in [4.69, 9.17) is 11.6 Å². The Hall–Kier alpha value is -1.23. The minimum absolute atomic E-state index is 0.414. The molecule has 0 fully saturated rings. The topological polar surface area (TPSA) is 30.0 Å². The summed E-state index contributed by atoms with van der Waals surface area (Å²) < 4.78 is 1.15. The highest BCUT2D eigenvalue weighted by Gasteiger charge is 2.11. The summed E-state index contributed by atoms with van der Waals surface area (Å²) in [6, 6.07) is 11.6. The van der Waals surface area contributed by atoms with Crippen LogP contribution in [0.3, 0.4) is 0 Å². The average molecular weight is 280 g/mol. The first kappa shape index (κ1) is 10.9. The molecule has 0 aliphatic heterocycles. The number of benzene rings is 1. The van der Waals surface area contributed by atoms with E-state index in [9.17, 15) is 4.79 Å². The summed E-state index contributed by atoms with van der Waals surface area (Å²) in [6.45, 7) is 0. The Morgan fingerprint density at radius 2 is 1.94 bits per heavy atom. The van der Waals surface area contributed by atoms with E-state index in [0.717, 1.165) is 20.1 Å². The number of hydrogen-bond donors (Lipinski definition) is 0. The summed E-state index contributed by atoms with van der Waals surface area (Å²) in [5, 5.41) is 0.516. The van der Waals surface area contributed by atoms with E-state index < -0.39 is 5.24 Å². The van der Waals surface area contributed by atoms with Crippen LogP contribution in [-0.4, -0.2) is 10.2 Å². The fourth-order valence-corrected chi connectivity index (χ4v) is 3.57. The molecule has 0 N–H and O–H groups in total. The Balaban J connectivity index is 2.10. The summed E-state index contributed by atoms with van der Waals surface area (Å²) in [7, 11) is 0. The molecule has 84 valence electrons. The SMILES string of the molecule is O=C(Cl)c1ccc(-c2nc3ccccc3s2)s1. The third-order valence-electron chi connectivity index (χ3n) is 2.30. The quantitative estimate of drug-likeness (QED) is 0.651. The van der Waals surface area contributed by atoms with Crippen LogP contribution in [0.5, 0.6) is 0 Å². The molecule has 3 aromatic rings. The van der Waals surface area contributed by atoms with Crippen LogP contribution in [0.15, 0.2) is 36.4 Å². The highest BCUT2D eigenvalue weighted by Crippen LogP contribution is 2.34. The molecule has 0 saturated carbocycles. The van der Waals surface area contributed by atoms with Gasteiger partial charge in [0.25, 0.3) is 5.24 Å². The molecular weight excluding hydrogens is 274 g/mol. The molecule has 0 aliphatic rings. The summed E-state index contributed by atoms with van der Waals surface area (Å²) >= 11 is 8.43. The van der Waals surface area contributed by atoms with E-state index in [1.165, 1.54) is 11.3 Å². The van der Waals surface area contributed by atoms with Gasteiger partial charge in [0.1, 0.15) is 5.01 Å². The van der Waals surface area contributed by atoms with Gasteiger partial charge in [0.2, 0.25) is 0 Å². The van der Waals surface area contributed by atoms with Gasteiger partial charge in [-0.15, -0.1) is 22.7 Å². The van der Waals surface area contributed by atoms with Gasteiger partial charge in [0, 0.05) is 0 Å². The van der Waals surface area contributed by atoms with Crippen LogP contribution in [0.1, 0.15) is 9.67 Å². The second kappa shape index (κ2) is 4.22. The number of carbonyl (C=O) groups is 1. The van der Waals surface area contributed by atoms with Gasteiger partial charge in [-0.05, 0) is 35.9 Å². The lowest BCUT2D eigenvalue weighted by molar-refractivity contribution is 0.108. The van der Waals surface area contributed by atoms with E-state index in [0.29, 0.717) is 4.88 Å². The molecule has 0 saturated heterocycles. The monoisotopic (exact) mass is 279 g/mol. The van der Waals surface area contributed by atoms with Crippen LogP contribution in [0.25, 0.3) is 20.1 Å². The summed E-state index contributed by atoms with van der Waals surface area (Å²) in [5.41, 5.74) is 0.986. The minimum Gasteiger partial charge on any atom is -0.275 e. The first-order chi connectivity index (χ1) is 8.24. The number of rotatable bonds is 2. The molecule has 2 aromatic heterocycles. The van der Waals surface area contributed by atoms with Gasteiger partial charge in [-0.1, -0.05) is 12.1 Å². The number of hydrogen-bond acceptors (Lipinski definition) is 4. The number of thiophene rings is 1. The van der Waals surface area contributed by atoms with Crippen molar-refractivity contribution in [2.75, 3.05) is 0 Å². The molecule has 0 atom stereocenters. The number of fused-ring (bicyclic) bond motifs is 1. The van der Waals surface area contributed by atoms with Gasteiger partial charge in [-0.3, -0.25) is 4.79 Å². The van der Waals surface area contributed by atoms with Gasteiger partial charge < -0.3 is 0 Å². The Bertz CT molecular complexity index is 668. The summed E-state index contributed by atoms with van der Waals surface area (Å²) in [4.78, 5) is 17.1. The van der Waals surface area contributed by atoms with Gasteiger partial charge >= 0.3 is 0 Å². The molecule has 0 spiro atoms. The van der Waals surface area contributed by atoms with Crippen LogP contribution in [0.4, 0.5) is 0 Å². The van der Waals surface area contributed by atoms with Crippen LogP contribution in [0, 0.1) is 0 Å². The van der Waals surface area contributed by atoms with Crippen molar-refractivity contribution in [1.29, 1.82) is 0 Å². The van der Waals surface area contributed by atoms with Crippen LogP contribution in [0.2, 0.25) is 0 Å². The molecule has 5 heteroatoms. The smallest absolute Gasteiger partial charge is 0.262 e. The number of nitrogens with zero attached hydrogens (tertiary/aromatic N) is 1. The number of thiazole rings is 1. The maximum Gasteiger partial charge on any atom is 0.262 e. The van der Waals surface area contributed by atoms with E-state index in [1.807, 2.05) is 30.3 Å². The molecule has 3 rings (SSSR count). The van der Waals surface area contributed by atoms with Crippen molar-refractivity contribution in [2.24, 2.45) is 0 Å². The molecule has 0 unspecified atom stereocenters. The molecule has 2 nitrogen and oxygen atoms in total. The van der Waals surface area contributed by atoms with E-state index in [1.54, 1.807) is 17.4 Å². The lowest BCUT2D eigenvalue weighted by Gasteiger charge is -1.86. The van der Waals surface area contributed by atoms with Crippen molar-refractivity contribution >= 4 is 49.7 Å². The normalized spacial score (nSPS) is 10.9. The van der Waals surface area contributed by atoms with Crippen molar-refractivity contribution in [3.63, 3.8) is 0 Å².